The zero-order chi connectivity index (χ0) is 13.5. The van der Waals surface area contributed by atoms with Crippen molar-refractivity contribution in [3.63, 3.8) is 0 Å². The molecular weight excluding hydrogens is 234 g/mol. The molecule has 0 bridgehead atoms. The van der Waals surface area contributed by atoms with Crippen LogP contribution in [0.1, 0.15) is 49.9 Å². The minimum atomic E-state index is 0.325. The highest BCUT2D eigenvalue weighted by molar-refractivity contribution is 5.57. The maximum atomic E-state index is 9.39. The van der Waals surface area contributed by atoms with Crippen LogP contribution in [0.25, 0.3) is 0 Å². The minimum absolute atomic E-state index is 0.325. The zero-order valence-corrected chi connectivity index (χ0v) is 11.9. The van der Waals surface area contributed by atoms with Crippen molar-refractivity contribution in [2.24, 2.45) is 5.41 Å². The van der Waals surface area contributed by atoms with Gasteiger partial charge >= 0.3 is 0 Å². The van der Waals surface area contributed by atoms with Crippen molar-refractivity contribution >= 4 is 5.82 Å². The van der Waals surface area contributed by atoms with Crippen molar-refractivity contribution < 1.29 is 0 Å². The van der Waals surface area contributed by atoms with E-state index in [2.05, 4.69) is 30.9 Å². The number of anilines is 1. The van der Waals surface area contributed by atoms with Gasteiger partial charge in [0, 0.05) is 18.8 Å². The van der Waals surface area contributed by atoms with Crippen LogP contribution in [-0.2, 0) is 12.8 Å². The molecule has 1 aliphatic carbocycles. The van der Waals surface area contributed by atoms with E-state index in [-0.39, 0.29) is 0 Å². The number of rotatable bonds is 1. The molecule has 2 heterocycles. The Morgan fingerprint density at radius 3 is 2.89 bits per heavy atom. The van der Waals surface area contributed by atoms with E-state index in [0.717, 1.165) is 37.3 Å². The normalized spacial score (nSPS) is 21.0. The van der Waals surface area contributed by atoms with Gasteiger partial charge in [-0.2, -0.15) is 5.26 Å². The molecule has 3 heteroatoms. The number of piperidine rings is 1. The van der Waals surface area contributed by atoms with Crippen molar-refractivity contribution in [2.75, 3.05) is 18.0 Å². The zero-order valence-electron chi connectivity index (χ0n) is 11.9. The Bertz CT molecular complexity index is 540. The predicted octanol–water partition coefficient (Wildman–Crippen LogP) is 3.07. The number of nitriles is 1. The Kier molecular flexibility index (Phi) is 2.97. The Labute approximate surface area is 115 Å². The van der Waals surface area contributed by atoms with Gasteiger partial charge in [-0.25, -0.2) is 4.98 Å². The quantitative estimate of drug-likeness (QED) is 0.774. The fourth-order valence-electron chi connectivity index (χ4n) is 3.39. The van der Waals surface area contributed by atoms with Crippen molar-refractivity contribution in [1.29, 1.82) is 5.26 Å². The molecule has 1 aromatic rings. The van der Waals surface area contributed by atoms with Crippen LogP contribution in [0.5, 0.6) is 0 Å². The van der Waals surface area contributed by atoms with Crippen LogP contribution in [0, 0.1) is 16.7 Å². The van der Waals surface area contributed by atoms with E-state index in [1.54, 1.807) is 0 Å². The van der Waals surface area contributed by atoms with Crippen LogP contribution in [0.2, 0.25) is 0 Å². The molecule has 1 aromatic heterocycles. The van der Waals surface area contributed by atoms with Gasteiger partial charge in [-0.05, 0) is 49.1 Å². The van der Waals surface area contributed by atoms with Crippen molar-refractivity contribution in [2.45, 2.75) is 46.0 Å². The maximum Gasteiger partial charge on any atom is 0.146 e. The Morgan fingerprint density at radius 1 is 1.32 bits per heavy atom. The number of hydrogen-bond donors (Lipinski definition) is 0. The summed E-state index contributed by atoms with van der Waals surface area (Å²) in [6.45, 7) is 6.65. The van der Waals surface area contributed by atoms with Gasteiger partial charge in [0.05, 0.1) is 5.56 Å². The highest BCUT2D eigenvalue weighted by Crippen LogP contribution is 2.33. The fraction of sp³-hybridized carbons (Fsp3) is 0.625. The number of fused-ring (bicyclic) bond motifs is 1. The molecule has 0 saturated carbocycles. The second-order valence-corrected chi connectivity index (χ2v) is 6.62. The van der Waals surface area contributed by atoms with Crippen LogP contribution < -0.4 is 4.90 Å². The number of aromatic nitrogens is 1. The van der Waals surface area contributed by atoms with E-state index >= 15 is 0 Å². The second kappa shape index (κ2) is 4.52. The molecule has 1 aliphatic heterocycles. The van der Waals surface area contributed by atoms with E-state index in [4.69, 9.17) is 4.98 Å². The van der Waals surface area contributed by atoms with Gasteiger partial charge in [0.15, 0.2) is 0 Å². The van der Waals surface area contributed by atoms with Crippen LogP contribution >= 0.6 is 0 Å². The highest BCUT2D eigenvalue weighted by atomic mass is 15.2. The number of aryl methyl sites for hydroxylation is 2. The molecule has 3 nitrogen and oxygen atoms in total. The molecular formula is C16H21N3. The summed E-state index contributed by atoms with van der Waals surface area (Å²) in [5, 5.41) is 9.39. The third kappa shape index (κ3) is 2.32. The lowest BCUT2D eigenvalue weighted by Crippen LogP contribution is -2.41. The van der Waals surface area contributed by atoms with Gasteiger partial charge in [0.2, 0.25) is 0 Å². The molecule has 0 radical (unpaired) electrons. The van der Waals surface area contributed by atoms with E-state index < -0.39 is 0 Å². The monoisotopic (exact) mass is 255 g/mol. The lowest BCUT2D eigenvalue weighted by atomic mass is 9.84. The molecule has 0 amide bonds. The first-order valence-corrected chi connectivity index (χ1v) is 7.27. The average molecular weight is 255 g/mol. The standard InChI is InChI=1S/C16H21N3/c1-16(2)7-4-8-19(11-16)15-13(10-17)9-12-5-3-6-14(12)18-15/h9H,3-8,11H2,1-2H3. The van der Waals surface area contributed by atoms with Crippen molar-refractivity contribution in [3.8, 4) is 6.07 Å². The SMILES string of the molecule is CC1(C)CCCN(c2nc3c(cc2C#N)CCC3)C1. The summed E-state index contributed by atoms with van der Waals surface area (Å²) in [5.41, 5.74) is 3.60. The van der Waals surface area contributed by atoms with Crippen molar-refractivity contribution in [3.05, 3.63) is 22.9 Å². The Morgan fingerprint density at radius 2 is 2.16 bits per heavy atom. The van der Waals surface area contributed by atoms with Crippen LogP contribution in [-0.4, -0.2) is 18.1 Å². The lowest BCUT2D eigenvalue weighted by molar-refractivity contribution is 0.292. The van der Waals surface area contributed by atoms with Crippen LogP contribution in [0.3, 0.4) is 0 Å². The fourth-order valence-corrected chi connectivity index (χ4v) is 3.39. The topological polar surface area (TPSA) is 39.9 Å². The van der Waals surface area contributed by atoms with Crippen molar-refractivity contribution in [1.82, 2.24) is 4.98 Å². The van der Waals surface area contributed by atoms with E-state index in [0.29, 0.717) is 5.41 Å². The van der Waals surface area contributed by atoms with Gasteiger partial charge in [-0.1, -0.05) is 13.8 Å². The van der Waals surface area contributed by atoms with Crippen LogP contribution in [0.4, 0.5) is 5.82 Å². The maximum absolute atomic E-state index is 9.39. The van der Waals surface area contributed by atoms with Crippen LogP contribution in [0.15, 0.2) is 6.07 Å². The predicted molar refractivity (Wildman–Crippen MR) is 76.2 cm³/mol. The summed E-state index contributed by atoms with van der Waals surface area (Å²) in [5.74, 6) is 0.927. The smallest absolute Gasteiger partial charge is 0.146 e. The van der Waals surface area contributed by atoms with E-state index in [1.165, 1.54) is 30.5 Å². The molecule has 3 rings (SSSR count). The largest absolute Gasteiger partial charge is 0.355 e. The molecule has 2 aliphatic rings. The molecule has 19 heavy (non-hydrogen) atoms. The summed E-state index contributed by atoms with van der Waals surface area (Å²) >= 11 is 0. The van der Waals surface area contributed by atoms with E-state index in [9.17, 15) is 5.26 Å². The second-order valence-electron chi connectivity index (χ2n) is 6.62. The molecule has 1 saturated heterocycles. The molecule has 1 fully saturated rings. The van der Waals surface area contributed by atoms with Gasteiger partial charge in [0.1, 0.15) is 11.9 Å². The van der Waals surface area contributed by atoms with Gasteiger partial charge < -0.3 is 4.90 Å². The summed E-state index contributed by atoms with van der Waals surface area (Å²) in [6.07, 6.45) is 5.79. The lowest BCUT2D eigenvalue weighted by Gasteiger charge is -2.39. The number of nitrogens with zero attached hydrogens (tertiary/aromatic N) is 3. The molecule has 0 aromatic carbocycles. The number of pyridine rings is 1. The molecule has 0 N–H and O–H groups in total. The Hall–Kier alpha value is -1.56. The summed E-state index contributed by atoms with van der Waals surface area (Å²) in [4.78, 5) is 7.14. The van der Waals surface area contributed by atoms with Gasteiger partial charge in [-0.15, -0.1) is 0 Å². The number of hydrogen-bond acceptors (Lipinski definition) is 3. The highest BCUT2D eigenvalue weighted by Gasteiger charge is 2.29. The molecule has 100 valence electrons. The third-order valence-corrected chi connectivity index (χ3v) is 4.35. The van der Waals surface area contributed by atoms with Gasteiger partial charge in [-0.3, -0.25) is 0 Å². The molecule has 0 atom stereocenters. The summed E-state index contributed by atoms with van der Waals surface area (Å²) in [7, 11) is 0. The Balaban J connectivity index is 1.98. The summed E-state index contributed by atoms with van der Waals surface area (Å²) in [6, 6.07) is 4.42. The van der Waals surface area contributed by atoms with E-state index in [1.807, 2.05) is 0 Å². The molecule has 0 spiro atoms. The minimum Gasteiger partial charge on any atom is -0.355 e. The third-order valence-electron chi connectivity index (χ3n) is 4.35. The molecule has 0 unspecified atom stereocenters. The summed E-state index contributed by atoms with van der Waals surface area (Å²) < 4.78 is 0. The first-order valence-electron chi connectivity index (χ1n) is 7.27. The first kappa shape index (κ1) is 12.5. The first-order chi connectivity index (χ1) is 9.09. The average Bonchev–Trinajstić information content (AvgIpc) is 2.83. The van der Waals surface area contributed by atoms with Gasteiger partial charge in [0.25, 0.3) is 0 Å².